The van der Waals surface area contributed by atoms with Crippen molar-refractivity contribution >= 4 is 11.0 Å². The van der Waals surface area contributed by atoms with Gasteiger partial charge in [-0.1, -0.05) is 30.3 Å². The standard InChI is InChI=1S/C18H17N5/c1-13-15(12-23(21-13)11-14-6-4-3-5-7-14)18-20-16-8-9-19-10-17(16)22(18)2/h3-10,12H,11H2,1-2H3. The largest absolute Gasteiger partial charge is 0.326 e. The van der Waals surface area contributed by atoms with Crippen molar-refractivity contribution < 1.29 is 0 Å². The molecule has 0 aliphatic heterocycles. The predicted molar refractivity (Wildman–Crippen MR) is 90.0 cm³/mol. The molecule has 0 N–H and O–H groups in total. The number of hydrogen-bond acceptors (Lipinski definition) is 3. The zero-order chi connectivity index (χ0) is 15.8. The third-order valence-electron chi connectivity index (χ3n) is 4.06. The first-order valence-corrected chi connectivity index (χ1v) is 7.57. The van der Waals surface area contributed by atoms with Crippen LogP contribution in [0.2, 0.25) is 0 Å². The molecule has 0 aliphatic carbocycles. The van der Waals surface area contributed by atoms with Gasteiger partial charge in [0.1, 0.15) is 5.82 Å². The van der Waals surface area contributed by atoms with Gasteiger partial charge in [0.2, 0.25) is 0 Å². The maximum Gasteiger partial charge on any atom is 0.144 e. The van der Waals surface area contributed by atoms with Gasteiger partial charge in [-0.2, -0.15) is 5.10 Å². The van der Waals surface area contributed by atoms with Gasteiger partial charge in [-0.25, -0.2) is 4.98 Å². The van der Waals surface area contributed by atoms with Crippen LogP contribution in [0.3, 0.4) is 0 Å². The van der Waals surface area contributed by atoms with Gasteiger partial charge < -0.3 is 4.57 Å². The van der Waals surface area contributed by atoms with Crippen LogP contribution in [0.4, 0.5) is 0 Å². The maximum atomic E-state index is 4.73. The highest BCUT2D eigenvalue weighted by atomic mass is 15.3. The Labute approximate surface area is 134 Å². The van der Waals surface area contributed by atoms with Gasteiger partial charge >= 0.3 is 0 Å². The van der Waals surface area contributed by atoms with Crippen LogP contribution in [0.5, 0.6) is 0 Å². The second kappa shape index (κ2) is 5.35. The molecule has 0 bridgehead atoms. The number of pyridine rings is 1. The molecule has 4 rings (SSSR count). The number of rotatable bonds is 3. The molecular formula is C18H17N5. The van der Waals surface area contributed by atoms with Crippen molar-refractivity contribution in [2.45, 2.75) is 13.5 Å². The molecule has 0 saturated heterocycles. The van der Waals surface area contributed by atoms with E-state index in [1.54, 1.807) is 6.20 Å². The van der Waals surface area contributed by atoms with E-state index >= 15 is 0 Å². The van der Waals surface area contributed by atoms with Gasteiger partial charge in [-0.15, -0.1) is 0 Å². The second-order valence-electron chi connectivity index (χ2n) is 5.67. The van der Waals surface area contributed by atoms with E-state index in [4.69, 9.17) is 4.98 Å². The Balaban J connectivity index is 1.75. The first-order valence-electron chi connectivity index (χ1n) is 7.57. The van der Waals surface area contributed by atoms with E-state index in [-0.39, 0.29) is 0 Å². The van der Waals surface area contributed by atoms with E-state index in [1.165, 1.54) is 5.56 Å². The molecule has 3 aromatic heterocycles. The molecule has 0 fully saturated rings. The molecule has 4 aromatic rings. The van der Waals surface area contributed by atoms with Crippen LogP contribution in [0.15, 0.2) is 55.0 Å². The molecular weight excluding hydrogens is 286 g/mol. The van der Waals surface area contributed by atoms with E-state index in [0.29, 0.717) is 0 Å². The van der Waals surface area contributed by atoms with E-state index < -0.39 is 0 Å². The number of aryl methyl sites for hydroxylation is 2. The summed E-state index contributed by atoms with van der Waals surface area (Å²) in [7, 11) is 2.01. The van der Waals surface area contributed by atoms with E-state index in [1.807, 2.05) is 49.1 Å². The first kappa shape index (κ1) is 13.7. The van der Waals surface area contributed by atoms with Gasteiger partial charge in [0, 0.05) is 19.4 Å². The lowest BCUT2D eigenvalue weighted by Crippen LogP contribution is -1.99. The van der Waals surface area contributed by atoms with Crippen LogP contribution in [0, 0.1) is 6.92 Å². The molecule has 0 spiro atoms. The fourth-order valence-electron chi connectivity index (χ4n) is 2.86. The molecule has 0 aliphatic rings. The van der Waals surface area contributed by atoms with Crippen LogP contribution in [0.25, 0.3) is 22.4 Å². The molecule has 5 heteroatoms. The maximum absolute atomic E-state index is 4.73. The molecule has 0 atom stereocenters. The topological polar surface area (TPSA) is 48.5 Å². The predicted octanol–water partition coefficient (Wildman–Crippen LogP) is 3.19. The Morgan fingerprint density at radius 2 is 1.91 bits per heavy atom. The van der Waals surface area contributed by atoms with Crippen molar-refractivity contribution in [2.75, 3.05) is 0 Å². The number of aromatic nitrogens is 5. The molecule has 0 saturated carbocycles. The zero-order valence-electron chi connectivity index (χ0n) is 13.1. The fraction of sp³-hybridized carbons (Fsp3) is 0.167. The highest BCUT2D eigenvalue weighted by Crippen LogP contribution is 2.25. The summed E-state index contributed by atoms with van der Waals surface area (Å²) in [4.78, 5) is 8.92. The summed E-state index contributed by atoms with van der Waals surface area (Å²) in [5, 5.41) is 4.64. The summed E-state index contributed by atoms with van der Waals surface area (Å²) in [5.41, 5.74) is 5.24. The minimum Gasteiger partial charge on any atom is -0.326 e. The van der Waals surface area contributed by atoms with Crippen LogP contribution >= 0.6 is 0 Å². The Kier molecular flexibility index (Phi) is 3.19. The highest BCUT2D eigenvalue weighted by Gasteiger charge is 2.15. The SMILES string of the molecule is Cc1nn(Cc2ccccc2)cc1-c1nc2ccncc2n1C. The highest BCUT2D eigenvalue weighted by molar-refractivity contribution is 5.79. The zero-order valence-corrected chi connectivity index (χ0v) is 13.1. The second-order valence-corrected chi connectivity index (χ2v) is 5.67. The Hall–Kier alpha value is -2.95. The van der Waals surface area contributed by atoms with E-state index in [2.05, 4.69) is 33.0 Å². The summed E-state index contributed by atoms with van der Waals surface area (Å²) in [5.74, 6) is 0.921. The van der Waals surface area contributed by atoms with Crippen molar-refractivity contribution in [3.63, 3.8) is 0 Å². The Morgan fingerprint density at radius 1 is 1.09 bits per heavy atom. The summed E-state index contributed by atoms with van der Waals surface area (Å²) < 4.78 is 4.04. The average Bonchev–Trinajstić information content (AvgIpc) is 3.09. The van der Waals surface area contributed by atoms with Crippen LogP contribution in [0.1, 0.15) is 11.3 Å². The third kappa shape index (κ3) is 2.40. The summed E-state index contributed by atoms with van der Waals surface area (Å²) >= 11 is 0. The number of imidazole rings is 1. The van der Waals surface area contributed by atoms with E-state index in [0.717, 1.165) is 34.7 Å². The molecule has 1 aromatic carbocycles. The molecule has 3 heterocycles. The summed E-state index contributed by atoms with van der Waals surface area (Å²) in [6.07, 6.45) is 5.68. The van der Waals surface area contributed by atoms with Crippen molar-refractivity contribution in [3.8, 4) is 11.4 Å². The normalized spacial score (nSPS) is 11.2. The lowest BCUT2D eigenvalue weighted by molar-refractivity contribution is 0.679. The fourth-order valence-corrected chi connectivity index (χ4v) is 2.86. The number of benzene rings is 1. The number of nitrogens with zero attached hydrogens (tertiary/aromatic N) is 5. The van der Waals surface area contributed by atoms with Crippen LogP contribution < -0.4 is 0 Å². The van der Waals surface area contributed by atoms with Crippen molar-refractivity contribution in [1.82, 2.24) is 24.3 Å². The van der Waals surface area contributed by atoms with E-state index in [9.17, 15) is 0 Å². The van der Waals surface area contributed by atoms with Gasteiger partial charge in [0.05, 0.1) is 35.0 Å². The first-order chi connectivity index (χ1) is 11.2. The average molecular weight is 303 g/mol. The number of fused-ring (bicyclic) bond motifs is 1. The van der Waals surface area contributed by atoms with Gasteiger partial charge in [-0.3, -0.25) is 9.67 Å². The van der Waals surface area contributed by atoms with Crippen molar-refractivity contribution in [3.05, 3.63) is 66.2 Å². The summed E-state index contributed by atoms with van der Waals surface area (Å²) in [6.45, 7) is 2.78. The van der Waals surface area contributed by atoms with Crippen molar-refractivity contribution in [2.24, 2.45) is 7.05 Å². The molecule has 23 heavy (non-hydrogen) atoms. The smallest absolute Gasteiger partial charge is 0.144 e. The molecule has 0 radical (unpaired) electrons. The quantitative estimate of drug-likeness (QED) is 0.584. The van der Waals surface area contributed by atoms with Gasteiger partial charge in [-0.05, 0) is 18.6 Å². The Morgan fingerprint density at radius 3 is 2.70 bits per heavy atom. The minimum absolute atomic E-state index is 0.757. The van der Waals surface area contributed by atoms with Gasteiger partial charge in [0.25, 0.3) is 0 Å². The Bertz CT molecular complexity index is 966. The lowest BCUT2D eigenvalue weighted by Gasteiger charge is -2.01. The monoisotopic (exact) mass is 303 g/mol. The summed E-state index contributed by atoms with van der Waals surface area (Å²) in [6, 6.07) is 12.3. The lowest BCUT2D eigenvalue weighted by atomic mass is 10.2. The van der Waals surface area contributed by atoms with Crippen LogP contribution in [-0.2, 0) is 13.6 Å². The minimum atomic E-state index is 0.757. The third-order valence-corrected chi connectivity index (χ3v) is 4.06. The molecule has 114 valence electrons. The molecule has 5 nitrogen and oxygen atoms in total. The van der Waals surface area contributed by atoms with Crippen LogP contribution in [-0.4, -0.2) is 24.3 Å². The molecule has 0 unspecified atom stereocenters. The van der Waals surface area contributed by atoms with Gasteiger partial charge in [0.15, 0.2) is 0 Å². The van der Waals surface area contributed by atoms with Crippen molar-refractivity contribution in [1.29, 1.82) is 0 Å². The molecule has 0 amide bonds. The number of hydrogen-bond donors (Lipinski definition) is 0.